The van der Waals surface area contributed by atoms with Gasteiger partial charge in [-0.2, -0.15) is 0 Å². The Labute approximate surface area is 151 Å². The first kappa shape index (κ1) is 16.5. The molecule has 0 spiro atoms. The number of nitrogens with zero attached hydrogens (tertiary/aromatic N) is 5. The highest BCUT2D eigenvalue weighted by Gasteiger charge is 2.11. The quantitative estimate of drug-likeness (QED) is 0.689. The third-order valence-electron chi connectivity index (χ3n) is 2.67. The Kier molecular flexibility index (Phi) is 5.11. The predicted octanol–water partition coefficient (Wildman–Crippen LogP) is 3.10. The number of anilines is 1. The molecule has 0 amide bonds. The molecule has 0 unspecified atom stereocenters. The molecule has 118 valence electrons. The van der Waals surface area contributed by atoms with E-state index in [4.69, 9.17) is 28.9 Å². The van der Waals surface area contributed by atoms with Crippen LogP contribution in [0.25, 0.3) is 0 Å². The van der Waals surface area contributed by atoms with Crippen LogP contribution >= 0.6 is 35.0 Å². The Balaban J connectivity index is 1.90. The van der Waals surface area contributed by atoms with Gasteiger partial charge in [0.2, 0.25) is 0 Å². The average Bonchev–Trinajstić information content (AvgIpc) is 2.59. The van der Waals surface area contributed by atoms with Crippen LogP contribution in [0.3, 0.4) is 0 Å². The molecule has 0 aliphatic heterocycles. The summed E-state index contributed by atoms with van der Waals surface area (Å²) in [6.45, 7) is 0. The van der Waals surface area contributed by atoms with Crippen LogP contribution in [-0.2, 0) is 0 Å². The standard InChI is InChI=1S/C15H8Cl2N6S/c16-12-8-22-15(14(18)23-12)24-11-3-4-21-10(13(11)17)2-1-9-7-19-5-6-20-9/h3-8H,(H2,18,23). The summed E-state index contributed by atoms with van der Waals surface area (Å²) in [4.78, 5) is 21.0. The van der Waals surface area contributed by atoms with E-state index in [0.29, 0.717) is 26.3 Å². The smallest absolute Gasteiger partial charge is 0.158 e. The van der Waals surface area contributed by atoms with Crippen LogP contribution in [0.4, 0.5) is 5.82 Å². The largest absolute Gasteiger partial charge is 0.381 e. The van der Waals surface area contributed by atoms with Crippen LogP contribution in [-0.4, -0.2) is 24.9 Å². The van der Waals surface area contributed by atoms with Crippen molar-refractivity contribution in [1.82, 2.24) is 24.9 Å². The third-order valence-corrected chi connectivity index (χ3v) is 4.41. The number of pyridine rings is 1. The van der Waals surface area contributed by atoms with Crippen LogP contribution in [0.15, 0.2) is 47.0 Å². The molecule has 0 atom stereocenters. The van der Waals surface area contributed by atoms with Crippen LogP contribution in [0.2, 0.25) is 10.2 Å². The molecular weight excluding hydrogens is 367 g/mol. The third kappa shape index (κ3) is 3.92. The minimum absolute atomic E-state index is 0.229. The summed E-state index contributed by atoms with van der Waals surface area (Å²) < 4.78 is 0. The summed E-state index contributed by atoms with van der Waals surface area (Å²) >= 11 is 13.4. The van der Waals surface area contributed by atoms with Crippen molar-refractivity contribution in [3.63, 3.8) is 0 Å². The van der Waals surface area contributed by atoms with Gasteiger partial charge in [-0.25, -0.2) is 19.9 Å². The highest BCUT2D eigenvalue weighted by Crippen LogP contribution is 2.35. The average molecular weight is 375 g/mol. The Morgan fingerprint density at radius 1 is 1.00 bits per heavy atom. The molecule has 9 heteroatoms. The van der Waals surface area contributed by atoms with Gasteiger partial charge in [-0.3, -0.25) is 4.98 Å². The first-order valence-corrected chi connectivity index (χ1v) is 8.09. The van der Waals surface area contributed by atoms with E-state index in [0.717, 1.165) is 0 Å². The van der Waals surface area contributed by atoms with Gasteiger partial charge in [0.25, 0.3) is 0 Å². The Bertz CT molecular complexity index is 940. The van der Waals surface area contributed by atoms with Gasteiger partial charge in [0, 0.05) is 23.5 Å². The van der Waals surface area contributed by atoms with Gasteiger partial charge < -0.3 is 5.73 Å². The van der Waals surface area contributed by atoms with Gasteiger partial charge in [0.1, 0.15) is 21.6 Å². The lowest BCUT2D eigenvalue weighted by Crippen LogP contribution is -1.96. The van der Waals surface area contributed by atoms with E-state index in [9.17, 15) is 0 Å². The molecule has 3 rings (SSSR count). The van der Waals surface area contributed by atoms with Crippen molar-refractivity contribution < 1.29 is 0 Å². The first-order chi connectivity index (χ1) is 11.6. The fraction of sp³-hybridized carbons (Fsp3) is 0. The summed E-state index contributed by atoms with van der Waals surface area (Å²) in [6, 6.07) is 1.75. The second-order valence-electron chi connectivity index (χ2n) is 4.30. The summed E-state index contributed by atoms with van der Waals surface area (Å²) in [5.74, 6) is 5.97. The SMILES string of the molecule is Nc1nc(Cl)cnc1Sc1ccnc(C#Cc2cnccn2)c1Cl. The Morgan fingerprint density at radius 3 is 2.62 bits per heavy atom. The molecule has 0 radical (unpaired) electrons. The zero-order chi connectivity index (χ0) is 16.9. The second-order valence-corrected chi connectivity index (χ2v) is 6.09. The van der Waals surface area contributed by atoms with Crippen LogP contribution in [0.5, 0.6) is 0 Å². The Hall–Kier alpha value is -2.40. The van der Waals surface area contributed by atoms with Crippen molar-refractivity contribution >= 4 is 40.8 Å². The molecule has 24 heavy (non-hydrogen) atoms. The summed E-state index contributed by atoms with van der Waals surface area (Å²) in [7, 11) is 0. The molecule has 0 aromatic carbocycles. The van der Waals surface area contributed by atoms with E-state index < -0.39 is 0 Å². The fourth-order valence-electron chi connectivity index (χ4n) is 1.63. The second kappa shape index (κ2) is 7.45. The molecule has 6 nitrogen and oxygen atoms in total. The van der Waals surface area contributed by atoms with E-state index in [1.165, 1.54) is 18.0 Å². The molecule has 3 aromatic rings. The highest BCUT2D eigenvalue weighted by atomic mass is 35.5. The van der Waals surface area contributed by atoms with Gasteiger partial charge in [-0.05, 0) is 17.9 Å². The number of aromatic nitrogens is 5. The number of hydrogen-bond donors (Lipinski definition) is 1. The molecular formula is C15H8Cl2N6S. The molecule has 3 heterocycles. The molecule has 0 bridgehead atoms. The van der Waals surface area contributed by atoms with Gasteiger partial charge in [-0.1, -0.05) is 35.0 Å². The predicted molar refractivity (Wildman–Crippen MR) is 92.8 cm³/mol. The van der Waals surface area contributed by atoms with Crippen molar-refractivity contribution in [1.29, 1.82) is 0 Å². The maximum Gasteiger partial charge on any atom is 0.158 e. The number of rotatable bonds is 2. The maximum absolute atomic E-state index is 6.37. The van der Waals surface area contributed by atoms with E-state index in [2.05, 4.69) is 36.8 Å². The van der Waals surface area contributed by atoms with Crippen LogP contribution in [0.1, 0.15) is 11.4 Å². The zero-order valence-corrected chi connectivity index (χ0v) is 14.3. The van der Waals surface area contributed by atoms with Crippen molar-refractivity contribution in [3.8, 4) is 11.8 Å². The van der Waals surface area contributed by atoms with Gasteiger partial charge in [-0.15, -0.1) is 0 Å². The molecule has 0 aliphatic carbocycles. The number of hydrogen-bond acceptors (Lipinski definition) is 7. The van der Waals surface area contributed by atoms with E-state index in [-0.39, 0.29) is 11.0 Å². The summed E-state index contributed by atoms with van der Waals surface area (Å²) in [6.07, 6.45) is 7.72. The topological polar surface area (TPSA) is 90.5 Å². The van der Waals surface area contributed by atoms with E-state index >= 15 is 0 Å². The maximum atomic E-state index is 6.37. The van der Waals surface area contributed by atoms with Crippen molar-refractivity contribution in [2.45, 2.75) is 9.92 Å². The number of halogens is 2. The Morgan fingerprint density at radius 2 is 1.88 bits per heavy atom. The summed E-state index contributed by atoms with van der Waals surface area (Å²) in [5.41, 5.74) is 6.76. The zero-order valence-electron chi connectivity index (χ0n) is 11.9. The molecule has 2 N–H and O–H groups in total. The van der Waals surface area contributed by atoms with Gasteiger partial charge in [0.15, 0.2) is 5.82 Å². The van der Waals surface area contributed by atoms with Crippen LogP contribution < -0.4 is 5.73 Å². The lowest BCUT2D eigenvalue weighted by atomic mass is 10.3. The van der Waals surface area contributed by atoms with Gasteiger partial charge >= 0.3 is 0 Å². The monoisotopic (exact) mass is 374 g/mol. The van der Waals surface area contributed by atoms with Crippen molar-refractivity contribution in [3.05, 3.63) is 58.6 Å². The lowest BCUT2D eigenvalue weighted by molar-refractivity contribution is 1.07. The minimum atomic E-state index is 0.229. The van der Waals surface area contributed by atoms with Gasteiger partial charge in [0.05, 0.1) is 17.4 Å². The first-order valence-electron chi connectivity index (χ1n) is 6.52. The number of nitrogen functional groups attached to an aromatic ring is 1. The van der Waals surface area contributed by atoms with Crippen molar-refractivity contribution in [2.24, 2.45) is 0 Å². The molecule has 0 aliphatic rings. The molecule has 0 saturated heterocycles. The molecule has 0 saturated carbocycles. The lowest BCUT2D eigenvalue weighted by Gasteiger charge is -2.06. The fourth-order valence-corrected chi connectivity index (χ4v) is 2.83. The van der Waals surface area contributed by atoms with E-state index in [1.807, 2.05) is 0 Å². The number of nitrogens with two attached hydrogens (primary N) is 1. The summed E-state index contributed by atoms with van der Waals surface area (Å²) in [5, 5.41) is 1.13. The minimum Gasteiger partial charge on any atom is -0.381 e. The normalized spacial score (nSPS) is 10.1. The van der Waals surface area contributed by atoms with Crippen molar-refractivity contribution in [2.75, 3.05) is 5.73 Å². The highest BCUT2D eigenvalue weighted by molar-refractivity contribution is 7.99. The molecule has 3 aromatic heterocycles. The molecule has 0 fully saturated rings. The van der Waals surface area contributed by atoms with Crippen LogP contribution in [0, 0.1) is 11.8 Å². The van der Waals surface area contributed by atoms with E-state index in [1.54, 1.807) is 30.9 Å².